The van der Waals surface area contributed by atoms with Gasteiger partial charge in [0.1, 0.15) is 5.01 Å². The molecule has 2 aromatic heterocycles. The predicted octanol–water partition coefficient (Wildman–Crippen LogP) is 4.04. The molecule has 0 aromatic carbocycles. The summed E-state index contributed by atoms with van der Waals surface area (Å²) < 4.78 is 6.14. The SMILES string of the molecule is COCC1(CNC(=O)Cc2csc(-c3ccc(Cl)s3)n2)CCNCC1.Cl.Cl. The zero-order valence-corrected chi connectivity index (χ0v) is 19.0. The standard InChI is InChI=1S/C17H22ClN3O2S2.2ClH/c1-23-11-17(4-6-19-7-5-17)10-20-15(22)8-12-9-24-16(21-12)13-2-3-14(18)25-13;;/h2-3,9,19H,4-8,10-11H2,1H3,(H,20,22);2*1H. The summed E-state index contributed by atoms with van der Waals surface area (Å²) in [5.74, 6) is 0.00933. The van der Waals surface area contributed by atoms with Gasteiger partial charge >= 0.3 is 0 Å². The maximum Gasteiger partial charge on any atom is 0.226 e. The van der Waals surface area contributed by atoms with Gasteiger partial charge in [-0.3, -0.25) is 4.79 Å². The summed E-state index contributed by atoms with van der Waals surface area (Å²) in [6, 6.07) is 3.82. The number of amides is 1. The number of carbonyl (C=O) groups is 1. The molecule has 3 rings (SSSR count). The Morgan fingerprint density at radius 2 is 2.11 bits per heavy atom. The van der Waals surface area contributed by atoms with E-state index in [1.165, 1.54) is 11.3 Å². The Morgan fingerprint density at radius 3 is 2.74 bits per heavy atom. The second-order valence-corrected chi connectivity index (χ2v) is 8.96. The molecule has 10 heteroatoms. The molecule has 0 bridgehead atoms. The lowest BCUT2D eigenvalue weighted by Gasteiger charge is -2.37. The highest BCUT2D eigenvalue weighted by atomic mass is 35.5. The zero-order valence-electron chi connectivity index (χ0n) is 15.0. The molecule has 0 aliphatic carbocycles. The predicted molar refractivity (Wildman–Crippen MR) is 118 cm³/mol. The molecule has 3 heterocycles. The van der Waals surface area contributed by atoms with Crippen LogP contribution in [-0.2, 0) is 16.0 Å². The monoisotopic (exact) mass is 471 g/mol. The van der Waals surface area contributed by atoms with Crippen molar-refractivity contribution < 1.29 is 9.53 Å². The molecule has 27 heavy (non-hydrogen) atoms. The smallest absolute Gasteiger partial charge is 0.226 e. The molecule has 0 radical (unpaired) electrons. The summed E-state index contributed by atoms with van der Waals surface area (Å²) in [6.45, 7) is 3.27. The summed E-state index contributed by atoms with van der Waals surface area (Å²) in [6.07, 6.45) is 2.33. The summed E-state index contributed by atoms with van der Waals surface area (Å²) in [7, 11) is 1.72. The minimum atomic E-state index is 0. The van der Waals surface area contributed by atoms with Crippen molar-refractivity contribution in [1.29, 1.82) is 0 Å². The van der Waals surface area contributed by atoms with Gasteiger partial charge in [0.15, 0.2) is 0 Å². The van der Waals surface area contributed by atoms with Gasteiger partial charge in [-0.05, 0) is 38.1 Å². The molecular formula is C17H24Cl3N3O2S2. The molecule has 1 aliphatic heterocycles. The third kappa shape index (κ3) is 6.85. The molecular weight excluding hydrogens is 449 g/mol. The minimum Gasteiger partial charge on any atom is -0.384 e. The third-order valence-corrected chi connectivity index (χ3v) is 6.74. The summed E-state index contributed by atoms with van der Waals surface area (Å²) in [5, 5.41) is 9.29. The second kappa shape index (κ2) is 11.6. The van der Waals surface area contributed by atoms with Crippen molar-refractivity contribution >= 4 is 65.0 Å². The number of nitrogens with one attached hydrogen (secondary N) is 2. The van der Waals surface area contributed by atoms with Crippen LogP contribution in [0.3, 0.4) is 0 Å². The van der Waals surface area contributed by atoms with E-state index in [4.69, 9.17) is 16.3 Å². The molecule has 152 valence electrons. The summed E-state index contributed by atoms with van der Waals surface area (Å²) >= 11 is 9.02. The van der Waals surface area contributed by atoms with E-state index in [9.17, 15) is 4.79 Å². The van der Waals surface area contributed by atoms with Gasteiger partial charge in [0.25, 0.3) is 0 Å². The van der Waals surface area contributed by atoms with E-state index in [0.29, 0.717) is 19.6 Å². The molecule has 1 aliphatic rings. The Hall–Kier alpha value is -0.410. The molecule has 0 spiro atoms. The van der Waals surface area contributed by atoms with Crippen LogP contribution in [0.4, 0.5) is 0 Å². The first-order chi connectivity index (χ1) is 12.1. The molecule has 2 N–H and O–H groups in total. The Labute approximate surface area is 185 Å². The van der Waals surface area contributed by atoms with Gasteiger partial charge in [0, 0.05) is 24.4 Å². The van der Waals surface area contributed by atoms with Crippen molar-refractivity contribution in [1.82, 2.24) is 15.6 Å². The molecule has 1 saturated heterocycles. The number of halogens is 3. The molecule has 2 aromatic rings. The van der Waals surface area contributed by atoms with Gasteiger partial charge in [-0.25, -0.2) is 4.98 Å². The van der Waals surface area contributed by atoms with Crippen molar-refractivity contribution in [3.05, 3.63) is 27.5 Å². The molecule has 5 nitrogen and oxygen atoms in total. The van der Waals surface area contributed by atoms with Crippen molar-refractivity contribution in [3.63, 3.8) is 0 Å². The van der Waals surface area contributed by atoms with Crippen LogP contribution in [-0.4, -0.2) is 44.2 Å². The highest BCUT2D eigenvalue weighted by Gasteiger charge is 2.32. The molecule has 1 fully saturated rings. The lowest BCUT2D eigenvalue weighted by atomic mass is 9.79. The van der Waals surface area contributed by atoms with Gasteiger partial charge in [-0.15, -0.1) is 47.5 Å². The number of thiophene rings is 1. The highest BCUT2D eigenvalue weighted by molar-refractivity contribution is 7.23. The van der Waals surface area contributed by atoms with Crippen molar-refractivity contribution in [2.75, 3.05) is 33.4 Å². The van der Waals surface area contributed by atoms with Crippen LogP contribution in [0.25, 0.3) is 9.88 Å². The number of thiazole rings is 1. The number of nitrogens with zero attached hydrogens (tertiary/aromatic N) is 1. The number of methoxy groups -OCH3 is 1. The Bertz CT molecular complexity index is 712. The Balaban J connectivity index is 0.00000182. The number of hydrogen-bond acceptors (Lipinski definition) is 6. The van der Waals surface area contributed by atoms with Gasteiger partial charge < -0.3 is 15.4 Å². The first-order valence-corrected chi connectivity index (χ1v) is 10.3. The van der Waals surface area contributed by atoms with Gasteiger partial charge in [-0.2, -0.15) is 0 Å². The van der Waals surface area contributed by atoms with Crippen molar-refractivity contribution in [2.24, 2.45) is 5.41 Å². The fourth-order valence-electron chi connectivity index (χ4n) is 3.08. The average Bonchev–Trinajstić information content (AvgIpc) is 3.23. The maximum atomic E-state index is 12.3. The Kier molecular flexibility index (Phi) is 10.5. The first-order valence-electron chi connectivity index (χ1n) is 8.27. The zero-order chi connectivity index (χ0) is 17.7. The normalized spacial score (nSPS) is 15.5. The van der Waals surface area contributed by atoms with Gasteiger partial charge in [-0.1, -0.05) is 11.6 Å². The van der Waals surface area contributed by atoms with Gasteiger partial charge in [0.05, 0.1) is 27.9 Å². The lowest BCUT2D eigenvalue weighted by molar-refractivity contribution is -0.121. The fraction of sp³-hybridized carbons (Fsp3) is 0.529. The van der Waals surface area contributed by atoms with E-state index in [1.54, 1.807) is 18.4 Å². The maximum absolute atomic E-state index is 12.3. The van der Waals surface area contributed by atoms with Crippen LogP contribution in [0, 0.1) is 5.41 Å². The van der Waals surface area contributed by atoms with Crippen LogP contribution in [0.5, 0.6) is 0 Å². The van der Waals surface area contributed by atoms with E-state index in [0.717, 1.165) is 45.8 Å². The first kappa shape index (κ1) is 24.6. The van der Waals surface area contributed by atoms with Crippen molar-refractivity contribution in [2.45, 2.75) is 19.3 Å². The highest BCUT2D eigenvalue weighted by Crippen LogP contribution is 2.33. The second-order valence-electron chi connectivity index (χ2n) is 6.38. The lowest BCUT2D eigenvalue weighted by Crippen LogP contribution is -2.47. The number of aromatic nitrogens is 1. The van der Waals surface area contributed by atoms with Crippen LogP contribution in [0.1, 0.15) is 18.5 Å². The van der Waals surface area contributed by atoms with E-state index in [1.807, 2.05) is 17.5 Å². The van der Waals surface area contributed by atoms with Crippen LogP contribution >= 0.6 is 59.1 Å². The number of ether oxygens (including phenoxy) is 1. The number of rotatable bonds is 7. The average molecular weight is 473 g/mol. The molecule has 0 atom stereocenters. The summed E-state index contributed by atoms with van der Waals surface area (Å²) in [5.41, 5.74) is 0.837. The number of carbonyl (C=O) groups excluding carboxylic acids is 1. The van der Waals surface area contributed by atoms with E-state index < -0.39 is 0 Å². The molecule has 0 saturated carbocycles. The van der Waals surface area contributed by atoms with E-state index in [2.05, 4.69) is 15.6 Å². The van der Waals surface area contributed by atoms with Crippen LogP contribution in [0.2, 0.25) is 4.34 Å². The van der Waals surface area contributed by atoms with Crippen LogP contribution in [0.15, 0.2) is 17.5 Å². The van der Waals surface area contributed by atoms with Crippen LogP contribution < -0.4 is 10.6 Å². The van der Waals surface area contributed by atoms with Gasteiger partial charge in [0.2, 0.25) is 5.91 Å². The number of hydrogen-bond donors (Lipinski definition) is 2. The Morgan fingerprint density at radius 1 is 1.37 bits per heavy atom. The quantitative estimate of drug-likeness (QED) is 0.638. The summed E-state index contributed by atoms with van der Waals surface area (Å²) in [4.78, 5) is 17.9. The van der Waals surface area contributed by atoms with E-state index >= 15 is 0 Å². The minimum absolute atomic E-state index is 0. The van der Waals surface area contributed by atoms with Crippen molar-refractivity contribution in [3.8, 4) is 9.88 Å². The number of piperidine rings is 1. The fourth-order valence-corrected chi connectivity index (χ4v) is 5.01. The molecule has 0 unspecified atom stereocenters. The van der Waals surface area contributed by atoms with E-state index in [-0.39, 0.29) is 36.1 Å². The third-order valence-electron chi connectivity index (χ3n) is 4.45. The topological polar surface area (TPSA) is 63.2 Å². The molecule has 1 amide bonds. The largest absolute Gasteiger partial charge is 0.384 e.